The minimum atomic E-state index is 0.425. The smallest absolute Gasteiger partial charge is 0.0552 e. The minimum Gasteiger partial charge on any atom is -0.384 e. The molecule has 0 aliphatic rings. The van der Waals surface area contributed by atoms with Crippen LogP contribution in [0.3, 0.4) is 0 Å². The molecule has 0 aromatic rings. The first-order valence-corrected chi connectivity index (χ1v) is 8.94. The molecule has 0 unspecified atom stereocenters. The van der Waals surface area contributed by atoms with Crippen LogP contribution in [0, 0.1) is 11.3 Å². The second-order valence-electron chi connectivity index (χ2n) is 5.77. The molecule has 0 aromatic heterocycles. The molecule has 0 amide bonds. The highest BCUT2D eigenvalue weighted by atomic mass is 32.2. The van der Waals surface area contributed by atoms with Gasteiger partial charge >= 0.3 is 0 Å². The molecule has 0 aliphatic heterocycles. The summed E-state index contributed by atoms with van der Waals surface area (Å²) >= 11 is 4.04. The first kappa shape index (κ1) is 18.6. The zero-order chi connectivity index (χ0) is 13.9. The third-order valence-electron chi connectivity index (χ3n) is 2.47. The summed E-state index contributed by atoms with van der Waals surface area (Å²) in [4.78, 5) is 0. The Balaban J connectivity index is 3.85. The average molecular weight is 295 g/mol. The lowest BCUT2D eigenvalue weighted by Gasteiger charge is -2.25. The van der Waals surface area contributed by atoms with Gasteiger partial charge in [0, 0.05) is 25.7 Å². The summed E-state index contributed by atoms with van der Waals surface area (Å²) in [6.07, 6.45) is 1.30. The van der Waals surface area contributed by atoms with Gasteiger partial charge in [-0.2, -0.15) is 23.5 Å². The summed E-state index contributed by atoms with van der Waals surface area (Å²) in [7, 11) is 3.54. The van der Waals surface area contributed by atoms with E-state index < -0.39 is 0 Å². The molecular formula is C14H30O2S2. The van der Waals surface area contributed by atoms with Crippen molar-refractivity contribution in [2.24, 2.45) is 11.3 Å². The summed E-state index contributed by atoms with van der Waals surface area (Å²) in [5, 5.41) is 0. The van der Waals surface area contributed by atoms with Gasteiger partial charge in [0.2, 0.25) is 0 Å². The third kappa shape index (κ3) is 13.1. The van der Waals surface area contributed by atoms with Crippen molar-refractivity contribution in [1.29, 1.82) is 0 Å². The molecule has 0 spiro atoms. The molecule has 110 valence electrons. The van der Waals surface area contributed by atoms with E-state index in [2.05, 4.69) is 20.8 Å². The highest BCUT2D eigenvalue weighted by Crippen LogP contribution is 2.29. The summed E-state index contributed by atoms with van der Waals surface area (Å²) in [5.74, 6) is 5.52. The maximum Gasteiger partial charge on any atom is 0.0552 e. The van der Waals surface area contributed by atoms with Crippen LogP contribution in [-0.2, 0) is 9.47 Å². The zero-order valence-corrected chi connectivity index (χ0v) is 14.3. The number of hydrogen-bond donors (Lipinski definition) is 0. The Bertz CT molecular complexity index is 169. The Morgan fingerprint density at radius 2 is 1.33 bits per heavy atom. The van der Waals surface area contributed by atoms with Crippen LogP contribution >= 0.6 is 23.5 Å². The molecule has 4 heteroatoms. The monoisotopic (exact) mass is 294 g/mol. The van der Waals surface area contributed by atoms with Crippen LogP contribution in [0.15, 0.2) is 0 Å². The van der Waals surface area contributed by atoms with Crippen molar-refractivity contribution in [3.8, 4) is 0 Å². The van der Waals surface area contributed by atoms with E-state index in [1.54, 1.807) is 14.2 Å². The molecule has 0 aliphatic carbocycles. The third-order valence-corrected chi connectivity index (χ3v) is 4.80. The molecule has 2 nitrogen and oxygen atoms in total. The van der Waals surface area contributed by atoms with Crippen LogP contribution in [0.1, 0.15) is 27.2 Å². The van der Waals surface area contributed by atoms with Gasteiger partial charge in [-0.15, -0.1) is 0 Å². The van der Waals surface area contributed by atoms with Crippen LogP contribution < -0.4 is 0 Å². The molecule has 0 bridgehead atoms. The Kier molecular flexibility index (Phi) is 11.8. The fraction of sp³-hybridized carbons (Fsp3) is 1.00. The van der Waals surface area contributed by atoms with Gasteiger partial charge < -0.3 is 9.47 Å². The lowest BCUT2D eigenvalue weighted by Crippen LogP contribution is -2.18. The molecule has 0 heterocycles. The predicted octanol–water partition coefficient (Wildman–Crippen LogP) is 3.80. The second kappa shape index (κ2) is 11.4. The topological polar surface area (TPSA) is 18.5 Å². The Morgan fingerprint density at radius 3 is 1.67 bits per heavy atom. The number of thioether (sulfide) groups is 2. The largest absolute Gasteiger partial charge is 0.384 e. The Morgan fingerprint density at radius 1 is 0.889 bits per heavy atom. The molecule has 0 radical (unpaired) electrons. The van der Waals surface area contributed by atoms with Gasteiger partial charge in [-0.1, -0.05) is 20.8 Å². The van der Waals surface area contributed by atoms with E-state index in [1.807, 2.05) is 23.5 Å². The quantitative estimate of drug-likeness (QED) is 0.539. The number of hydrogen-bond acceptors (Lipinski definition) is 4. The molecule has 0 rings (SSSR count). The number of rotatable bonds is 11. The highest BCUT2D eigenvalue weighted by molar-refractivity contribution is 8.00. The van der Waals surface area contributed by atoms with Crippen LogP contribution in [0.4, 0.5) is 0 Å². The van der Waals surface area contributed by atoms with Crippen LogP contribution in [0.5, 0.6) is 0 Å². The fourth-order valence-corrected chi connectivity index (χ4v) is 4.01. The first-order chi connectivity index (χ1) is 8.49. The van der Waals surface area contributed by atoms with E-state index in [4.69, 9.17) is 9.47 Å². The van der Waals surface area contributed by atoms with E-state index in [0.29, 0.717) is 5.41 Å². The van der Waals surface area contributed by atoms with Crippen LogP contribution in [-0.4, -0.2) is 50.4 Å². The minimum absolute atomic E-state index is 0.425. The summed E-state index contributed by atoms with van der Waals surface area (Å²) in [5.41, 5.74) is 0.425. The van der Waals surface area contributed by atoms with Crippen LogP contribution in [0.2, 0.25) is 0 Å². The molecule has 0 saturated heterocycles. The molecular weight excluding hydrogens is 264 g/mol. The average Bonchev–Trinajstić information content (AvgIpc) is 2.28. The van der Waals surface area contributed by atoms with Gasteiger partial charge in [-0.05, 0) is 29.3 Å². The zero-order valence-electron chi connectivity index (χ0n) is 12.7. The van der Waals surface area contributed by atoms with E-state index in [0.717, 1.165) is 30.6 Å². The molecule has 0 atom stereocenters. The van der Waals surface area contributed by atoms with Crippen molar-refractivity contribution in [3.05, 3.63) is 0 Å². The molecule has 0 aromatic carbocycles. The van der Waals surface area contributed by atoms with Gasteiger partial charge in [-0.3, -0.25) is 0 Å². The van der Waals surface area contributed by atoms with Crippen molar-refractivity contribution in [2.45, 2.75) is 27.2 Å². The number of ether oxygens (including phenoxy) is 2. The van der Waals surface area contributed by atoms with Gasteiger partial charge in [-0.25, -0.2) is 0 Å². The molecule has 0 fully saturated rings. The van der Waals surface area contributed by atoms with Gasteiger partial charge in [0.05, 0.1) is 13.2 Å². The van der Waals surface area contributed by atoms with E-state index in [9.17, 15) is 0 Å². The van der Waals surface area contributed by atoms with E-state index in [-0.39, 0.29) is 0 Å². The lowest BCUT2D eigenvalue weighted by molar-refractivity contribution is 0.218. The van der Waals surface area contributed by atoms with Crippen molar-refractivity contribution in [3.63, 3.8) is 0 Å². The SMILES string of the molecule is COCCSCC(CSCCOC)CC(C)(C)C. The van der Waals surface area contributed by atoms with Crippen LogP contribution in [0.25, 0.3) is 0 Å². The van der Waals surface area contributed by atoms with Crippen molar-refractivity contribution >= 4 is 23.5 Å². The highest BCUT2D eigenvalue weighted by Gasteiger charge is 2.18. The maximum absolute atomic E-state index is 5.10. The lowest BCUT2D eigenvalue weighted by atomic mass is 9.86. The first-order valence-electron chi connectivity index (χ1n) is 6.63. The molecule has 0 N–H and O–H groups in total. The van der Waals surface area contributed by atoms with Crippen molar-refractivity contribution < 1.29 is 9.47 Å². The Hall–Kier alpha value is 0.620. The molecule has 0 saturated carbocycles. The normalized spacial score (nSPS) is 12.3. The summed E-state index contributed by atoms with van der Waals surface area (Å²) < 4.78 is 10.2. The summed E-state index contributed by atoms with van der Waals surface area (Å²) in [6, 6.07) is 0. The van der Waals surface area contributed by atoms with Crippen molar-refractivity contribution in [1.82, 2.24) is 0 Å². The Labute approximate surface area is 122 Å². The maximum atomic E-state index is 5.10. The summed E-state index contributed by atoms with van der Waals surface area (Å²) in [6.45, 7) is 8.73. The number of methoxy groups -OCH3 is 2. The van der Waals surface area contributed by atoms with Crippen molar-refractivity contribution in [2.75, 3.05) is 50.4 Å². The van der Waals surface area contributed by atoms with Gasteiger partial charge in [0.25, 0.3) is 0 Å². The fourth-order valence-electron chi connectivity index (χ4n) is 1.82. The van der Waals surface area contributed by atoms with Gasteiger partial charge in [0.1, 0.15) is 0 Å². The van der Waals surface area contributed by atoms with E-state index in [1.165, 1.54) is 17.9 Å². The standard InChI is InChI=1S/C14H30O2S2/c1-14(2,3)10-13(11-17-8-6-15-4)12-18-9-7-16-5/h13H,6-12H2,1-5H3. The predicted molar refractivity (Wildman–Crippen MR) is 86.0 cm³/mol. The van der Waals surface area contributed by atoms with E-state index >= 15 is 0 Å². The second-order valence-corrected chi connectivity index (χ2v) is 8.07. The van der Waals surface area contributed by atoms with Gasteiger partial charge in [0.15, 0.2) is 0 Å². The molecule has 18 heavy (non-hydrogen) atoms.